The van der Waals surface area contributed by atoms with Crippen LogP contribution in [0.25, 0.3) is 11.5 Å². The Kier molecular flexibility index (Phi) is 5.18. The highest BCUT2D eigenvalue weighted by Crippen LogP contribution is 2.27. The van der Waals surface area contributed by atoms with E-state index in [9.17, 15) is 5.11 Å². The molecular weight excluding hydrogens is 288 g/mol. The van der Waals surface area contributed by atoms with Crippen LogP contribution in [0, 0.1) is 5.92 Å². The molecular formula is C18H24N4O. The van der Waals surface area contributed by atoms with Crippen molar-refractivity contribution in [1.82, 2.24) is 15.0 Å². The standard InChI is InChI=1S/C18H24N4O/c1-2-14-11-17(21-15-8-4-3-7-13(15)12-23)22-18(20-14)16-9-5-6-10-19-16/h5-6,9-11,13,15,23H,2-4,7-8,12H2,1H3,(H,20,21,22)/t13-,15+/m0/s1. The fourth-order valence-electron chi connectivity index (χ4n) is 3.17. The molecule has 0 spiro atoms. The minimum absolute atomic E-state index is 0.233. The molecule has 0 unspecified atom stereocenters. The summed E-state index contributed by atoms with van der Waals surface area (Å²) in [7, 11) is 0. The van der Waals surface area contributed by atoms with Crippen LogP contribution in [-0.4, -0.2) is 32.7 Å². The van der Waals surface area contributed by atoms with Gasteiger partial charge in [0, 0.05) is 36.5 Å². The summed E-state index contributed by atoms with van der Waals surface area (Å²) in [6.45, 7) is 2.32. The van der Waals surface area contributed by atoms with Crippen molar-refractivity contribution in [3.8, 4) is 11.5 Å². The summed E-state index contributed by atoms with van der Waals surface area (Å²) < 4.78 is 0. The van der Waals surface area contributed by atoms with Crippen LogP contribution in [0.1, 0.15) is 38.3 Å². The van der Waals surface area contributed by atoms with Gasteiger partial charge >= 0.3 is 0 Å². The molecule has 23 heavy (non-hydrogen) atoms. The third kappa shape index (κ3) is 3.85. The van der Waals surface area contributed by atoms with Crippen molar-refractivity contribution >= 4 is 5.82 Å². The van der Waals surface area contributed by atoms with Gasteiger partial charge in [-0.25, -0.2) is 9.97 Å². The number of aryl methyl sites for hydroxylation is 1. The van der Waals surface area contributed by atoms with Gasteiger partial charge in [-0.1, -0.05) is 25.8 Å². The molecule has 2 N–H and O–H groups in total. The van der Waals surface area contributed by atoms with Crippen molar-refractivity contribution < 1.29 is 5.11 Å². The van der Waals surface area contributed by atoms with Crippen LogP contribution < -0.4 is 5.32 Å². The summed E-state index contributed by atoms with van der Waals surface area (Å²) in [6.07, 6.45) is 7.17. The third-order valence-electron chi connectivity index (χ3n) is 4.51. The van der Waals surface area contributed by atoms with Crippen LogP contribution in [-0.2, 0) is 6.42 Å². The van der Waals surface area contributed by atoms with E-state index >= 15 is 0 Å². The van der Waals surface area contributed by atoms with Crippen molar-refractivity contribution in [3.05, 3.63) is 36.2 Å². The van der Waals surface area contributed by atoms with Crippen LogP contribution in [0.4, 0.5) is 5.82 Å². The van der Waals surface area contributed by atoms with Crippen LogP contribution in [0.15, 0.2) is 30.5 Å². The molecule has 5 nitrogen and oxygen atoms in total. The maximum Gasteiger partial charge on any atom is 0.180 e. The normalized spacial score (nSPS) is 21.1. The average molecular weight is 312 g/mol. The number of aromatic nitrogens is 3. The van der Waals surface area contributed by atoms with E-state index in [-0.39, 0.29) is 12.6 Å². The minimum Gasteiger partial charge on any atom is -0.396 e. The summed E-state index contributed by atoms with van der Waals surface area (Å²) in [6, 6.07) is 8.05. The van der Waals surface area contributed by atoms with Crippen LogP contribution in [0.5, 0.6) is 0 Å². The monoisotopic (exact) mass is 312 g/mol. The van der Waals surface area contributed by atoms with Gasteiger partial charge in [0.05, 0.1) is 0 Å². The van der Waals surface area contributed by atoms with E-state index in [4.69, 9.17) is 0 Å². The van der Waals surface area contributed by atoms with Gasteiger partial charge in [0.15, 0.2) is 5.82 Å². The number of hydrogen-bond donors (Lipinski definition) is 2. The Labute approximate surface area is 137 Å². The van der Waals surface area contributed by atoms with Crippen molar-refractivity contribution in [2.75, 3.05) is 11.9 Å². The molecule has 0 saturated heterocycles. The predicted octanol–water partition coefficient (Wildman–Crippen LogP) is 3.06. The topological polar surface area (TPSA) is 70.9 Å². The zero-order valence-electron chi connectivity index (χ0n) is 13.6. The fourth-order valence-corrected chi connectivity index (χ4v) is 3.17. The number of rotatable bonds is 5. The zero-order valence-corrected chi connectivity index (χ0v) is 13.6. The molecule has 2 aromatic rings. The average Bonchev–Trinajstić information content (AvgIpc) is 2.62. The number of pyridine rings is 1. The van der Waals surface area contributed by atoms with E-state index in [1.807, 2.05) is 24.3 Å². The molecule has 0 aliphatic heterocycles. The largest absolute Gasteiger partial charge is 0.396 e. The molecule has 2 aromatic heterocycles. The fraction of sp³-hybridized carbons (Fsp3) is 0.500. The van der Waals surface area contributed by atoms with E-state index < -0.39 is 0 Å². The first-order chi connectivity index (χ1) is 11.3. The van der Waals surface area contributed by atoms with E-state index in [1.54, 1.807) is 6.20 Å². The number of aliphatic hydroxyl groups excluding tert-OH is 1. The predicted molar refractivity (Wildman–Crippen MR) is 91.1 cm³/mol. The van der Waals surface area contributed by atoms with Crippen LogP contribution in [0.2, 0.25) is 0 Å². The Morgan fingerprint density at radius 2 is 2.09 bits per heavy atom. The quantitative estimate of drug-likeness (QED) is 0.888. The van der Waals surface area contributed by atoms with Crippen LogP contribution >= 0.6 is 0 Å². The Balaban J connectivity index is 1.86. The molecule has 1 fully saturated rings. The SMILES string of the molecule is CCc1cc(N[C@@H]2CCCC[C@H]2CO)nc(-c2ccccn2)n1. The smallest absolute Gasteiger partial charge is 0.180 e. The molecule has 2 atom stereocenters. The lowest BCUT2D eigenvalue weighted by molar-refractivity contribution is 0.178. The molecule has 2 heterocycles. The first-order valence-electron chi connectivity index (χ1n) is 8.47. The molecule has 1 aliphatic rings. The molecule has 1 saturated carbocycles. The summed E-state index contributed by atoms with van der Waals surface area (Å²) in [5, 5.41) is 13.1. The molecule has 122 valence electrons. The van der Waals surface area contributed by atoms with E-state index in [2.05, 4.69) is 27.2 Å². The number of nitrogens with one attached hydrogen (secondary N) is 1. The molecule has 0 radical (unpaired) electrons. The second-order valence-corrected chi connectivity index (χ2v) is 6.11. The Hall–Kier alpha value is -2.01. The lowest BCUT2D eigenvalue weighted by Gasteiger charge is -2.31. The lowest BCUT2D eigenvalue weighted by atomic mass is 9.85. The highest BCUT2D eigenvalue weighted by atomic mass is 16.3. The Morgan fingerprint density at radius 3 is 2.83 bits per heavy atom. The maximum absolute atomic E-state index is 9.59. The molecule has 3 rings (SSSR count). The van der Waals surface area contributed by atoms with Crippen LogP contribution in [0.3, 0.4) is 0 Å². The van der Waals surface area contributed by atoms with E-state index in [0.29, 0.717) is 11.7 Å². The van der Waals surface area contributed by atoms with Gasteiger partial charge in [0.25, 0.3) is 0 Å². The Bertz CT molecular complexity index is 632. The zero-order chi connectivity index (χ0) is 16.1. The molecule has 0 aromatic carbocycles. The highest BCUT2D eigenvalue weighted by Gasteiger charge is 2.24. The van der Waals surface area contributed by atoms with Gasteiger partial charge in [-0.3, -0.25) is 4.98 Å². The van der Waals surface area contributed by atoms with Gasteiger partial charge in [-0.05, 0) is 31.4 Å². The first-order valence-corrected chi connectivity index (χ1v) is 8.47. The molecule has 5 heteroatoms. The Morgan fingerprint density at radius 1 is 1.22 bits per heavy atom. The number of hydrogen-bond acceptors (Lipinski definition) is 5. The van der Waals surface area contributed by atoms with Gasteiger partial charge in [0.1, 0.15) is 11.5 Å². The molecule has 1 aliphatic carbocycles. The molecule has 0 amide bonds. The number of nitrogens with zero attached hydrogens (tertiary/aromatic N) is 3. The van der Waals surface area contributed by atoms with E-state index in [1.165, 1.54) is 12.8 Å². The lowest BCUT2D eigenvalue weighted by Crippen LogP contribution is -2.34. The number of aliphatic hydroxyl groups is 1. The minimum atomic E-state index is 0.233. The number of anilines is 1. The maximum atomic E-state index is 9.59. The van der Waals surface area contributed by atoms with Gasteiger partial charge in [0.2, 0.25) is 0 Å². The highest BCUT2D eigenvalue weighted by molar-refractivity contribution is 5.53. The van der Waals surface area contributed by atoms with Crippen molar-refractivity contribution in [3.63, 3.8) is 0 Å². The first kappa shape index (κ1) is 15.9. The summed E-state index contributed by atoms with van der Waals surface area (Å²) in [5.41, 5.74) is 1.78. The van der Waals surface area contributed by atoms with Gasteiger partial charge in [-0.2, -0.15) is 0 Å². The second-order valence-electron chi connectivity index (χ2n) is 6.11. The van der Waals surface area contributed by atoms with Crippen molar-refractivity contribution in [2.45, 2.75) is 45.1 Å². The summed E-state index contributed by atoms with van der Waals surface area (Å²) >= 11 is 0. The second kappa shape index (κ2) is 7.51. The third-order valence-corrected chi connectivity index (χ3v) is 4.51. The summed E-state index contributed by atoms with van der Waals surface area (Å²) in [4.78, 5) is 13.6. The molecule has 0 bridgehead atoms. The van der Waals surface area contributed by atoms with Gasteiger partial charge in [-0.15, -0.1) is 0 Å². The summed E-state index contributed by atoms with van der Waals surface area (Å²) in [5.74, 6) is 1.80. The van der Waals surface area contributed by atoms with Gasteiger partial charge < -0.3 is 10.4 Å². The van der Waals surface area contributed by atoms with Crippen molar-refractivity contribution in [2.24, 2.45) is 5.92 Å². The van der Waals surface area contributed by atoms with E-state index in [0.717, 1.165) is 36.5 Å². The van der Waals surface area contributed by atoms with Crippen molar-refractivity contribution in [1.29, 1.82) is 0 Å².